The van der Waals surface area contributed by atoms with E-state index in [-0.39, 0.29) is 16.7 Å². The number of methoxy groups -OCH3 is 1. The average molecular weight is 290 g/mol. The molecule has 0 spiro atoms. The summed E-state index contributed by atoms with van der Waals surface area (Å²) in [6.07, 6.45) is 3.67. The van der Waals surface area contributed by atoms with Crippen molar-refractivity contribution in [3.63, 3.8) is 0 Å². The molecule has 1 fully saturated rings. The molecule has 0 aliphatic carbocycles. The van der Waals surface area contributed by atoms with Crippen molar-refractivity contribution in [2.24, 2.45) is 0 Å². The number of anilines is 1. The molecule has 1 aromatic rings. The number of piperidine rings is 1. The van der Waals surface area contributed by atoms with Crippen LogP contribution in [-0.4, -0.2) is 31.2 Å². The summed E-state index contributed by atoms with van der Waals surface area (Å²) in [5.41, 5.74) is 3.35. The summed E-state index contributed by atoms with van der Waals surface area (Å²) >= 11 is 0. The quantitative estimate of drug-likeness (QED) is 0.476. The maximum absolute atomic E-state index is 10.9. The maximum Gasteiger partial charge on any atom is 0.269 e. The molecule has 1 aromatic carbocycles. The first-order valence-corrected chi connectivity index (χ1v) is 7.01. The molecule has 21 heavy (non-hydrogen) atoms. The van der Waals surface area contributed by atoms with Crippen LogP contribution >= 0.6 is 0 Å². The van der Waals surface area contributed by atoms with E-state index in [1.165, 1.54) is 5.57 Å². The lowest BCUT2D eigenvalue weighted by Gasteiger charge is -2.37. The Labute approximate surface area is 123 Å². The first-order valence-electron chi connectivity index (χ1n) is 7.01. The SMILES string of the molecule is CO/C=C1/CCN2c3ccc([N+](=O)[O-])cc3COC[C@H]2C1. The Morgan fingerprint density at radius 3 is 3.14 bits per heavy atom. The van der Waals surface area contributed by atoms with Gasteiger partial charge in [0.05, 0.1) is 37.6 Å². The van der Waals surface area contributed by atoms with Gasteiger partial charge in [-0.2, -0.15) is 0 Å². The van der Waals surface area contributed by atoms with Crippen molar-refractivity contribution in [2.75, 3.05) is 25.2 Å². The largest absolute Gasteiger partial charge is 0.504 e. The Balaban J connectivity index is 1.90. The fraction of sp³-hybridized carbons (Fsp3) is 0.467. The minimum Gasteiger partial charge on any atom is -0.504 e. The summed E-state index contributed by atoms with van der Waals surface area (Å²) in [6.45, 7) is 1.94. The van der Waals surface area contributed by atoms with E-state index in [1.54, 1.807) is 19.2 Å². The minimum absolute atomic E-state index is 0.118. The molecule has 0 amide bonds. The Morgan fingerprint density at radius 2 is 2.38 bits per heavy atom. The molecule has 0 radical (unpaired) electrons. The molecule has 112 valence electrons. The summed E-state index contributed by atoms with van der Waals surface area (Å²) in [6, 6.07) is 5.31. The van der Waals surface area contributed by atoms with E-state index in [1.807, 2.05) is 12.3 Å². The van der Waals surface area contributed by atoms with Crippen molar-refractivity contribution in [3.8, 4) is 0 Å². The lowest BCUT2D eigenvalue weighted by Crippen LogP contribution is -2.42. The van der Waals surface area contributed by atoms with Gasteiger partial charge >= 0.3 is 0 Å². The number of nitrogens with zero attached hydrogens (tertiary/aromatic N) is 2. The summed E-state index contributed by atoms with van der Waals surface area (Å²) in [5, 5.41) is 10.9. The van der Waals surface area contributed by atoms with E-state index >= 15 is 0 Å². The monoisotopic (exact) mass is 290 g/mol. The van der Waals surface area contributed by atoms with Crippen molar-refractivity contribution in [2.45, 2.75) is 25.5 Å². The molecule has 3 rings (SSSR count). The van der Waals surface area contributed by atoms with E-state index in [9.17, 15) is 10.1 Å². The van der Waals surface area contributed by atoms with E-state index in [2.05, 4.69) is 4.90 Å². The molecule has 1 saturated heterocycles. The van der Waals surface area contributed by atoms with E-state index in [4.69, 9.17) is 9.47 Å². The maximum atomic E-state index is 10.9. The first-order chi connectivity index (χ1) is 10.2. The lowest BCUT2D eigenvalue weighted by molar-refractivity contribution is -0.384. The molecule has 2 aliphatic rings. The van der Waals surface area contributed by atoms with Crippen molar-refractivity contribution >= 4 is 11.4 Å². The van der Waals surface area contributed by atoms with Crippen LogP contribution in [0, 0.1) is 10.1 Å². The highest BCUT2D eigenvalue weighted by Crippen LogP contribution is 2.35. The zero-order valence-corrected chi connectivity index (χ0v) is 11.9. The van der Waals surface area contributed by atoms with Gasteiger partial charge in [0, 0.05) is 29.9 Å². The van der Waals surface area contributed by atoms with Crippen molar-refractivity contribution in [1.29, 1.82) is 0 Å². The van der Waals surface area contributed by atoms with Crippen molar-refractivity contribution in [3.05, 3.63) is 45.7 Å². The third-order valence-electron chi connectivity index (χ3n) is 4.05. The number of hydrogen-bond donors (Lipinski definition) is 0. The van der Waals surface area contributed by atoms with Gasteiger partial charge in [-0.1, -0.05) is 0 Å². The topological polar surface area (TPSA) is 64.8 Å². The van der Waals surface area contributed by atoms with Crippen LogP contribution in [0.4, 0.5) is 11.4 Å². The van der Waals surface area contributed by atoms with Gasteiger partial charge in [0.2, 0.25) is 0 Å². The smallest absolute Gasteiger partial charge is 0.269 e. The molecule has 0 bridgehead atoms. The Hall–Kier alpha value is -2.08. The van der Waals surface area contributed by atoms with Gasteiger partial charge in [0.1, 0.15) is 0 Å². The second kappa shape index (κ2) is 5.73. The number of nitro groups is 1. The van der Waals surface area contributed by atoms with Crippen LogP contribution in [0.2, 0.25) is 0 Å². The normalized spacial score (nSPS) is 23.2. The summed E-state index contributed by atoms with van der Waals surface area (Å²) in [5.74, 6) is 0. The van der Waals surface area contributed by atoms with Crippen LogP contribution in [-0.2, 0) is 16.1 Å². The second-order valence-corrected chi connectivity index (χ2v) is 5.40. The van der Waals surface area contributed by atoms with E-state index in [0.29, 0.717) is 13.2 Å². The molecule has 6 nitrogen and oxygen atoms in total. The van der Waals surface area contributed by atoms with Crippen molar-refractivity contribution in [1.82, 2.24) is 0 Å². The van der Waals surface area contributed by atoms with Gasteiger partial charge < -0.3 is 14.4 Å². The molecule has 6 heteroatoms. The highest BCUT2D eigenvalue weighted by atomic mass is 16.6. The Bertz CT molecular complexity index is 585. The molecule has 0 aromatic heterocycles. The third kappa shape index (κ3) is 2.71. The minimum atomic E-state index is -0.363. The number of rotatable bonds is 2. The van der Waals surface area contributed by atoms with Crippen LogP contribution in [0.15, 0.2) is 30.0 Å². The number of ether oxygens (including phenoxy) is 2. The number of fused-ring (bicyclic) bond motifs is 3. The molecular formula is C15H18N2O4. The van der Waals surface area contributed by atoms with Gasteiger partial charge in [0.15, 0.2) is 0 Å². The fourth-order valence-electron chi connectivity index (χ4n) is 3.09. The number of benzene rings is 1. The number of nitro benzene ring substituents is 1. The number of non-ortho nitro benzene ring substituents is 1. The Kier molecular flexibility index (Phi) is 3.79. The van der Waals surface area contributed by atoms with Crippen LogP contribution in [0.3, 0.4) is 0 Å². The van der Waals surface area contributed by atoms with Gasteiger partial charge in [-0.25, -0.2) is 0 Å². The second-order valence-electron chi connectivity index (χ2n) is 5.40. The zero-order valence-electron chi connectivity index (χ0n) is 11.9. The van der Waals surface area contributed by atoms with E-state index < -0.39 is 0 Å². The summed E-state index contributed by atoms with van der Waals surface area (Å²) < 4.78 is 10.8. The molecule has 2 heterocycles. The third-order valence-corrected chi connectivity index (χ3v) is 4.05. The van der Waals surface area contributed by atoms with Crippen LogP contribution in [0.25, 0.3) is 0 Å². The summed E-state index contributed by atoms with van der Waals surface area (Å²) in [4.78, 5) is 12.8. The molecule has 0 saturated carbocycles. The van der Waals surface area contributed by atoms with Gasteiger partial charge in [-0.15, -0.1) is 0 Å². The first kappa shape index (κ1) is 13.9. The number of hydrogen-bond acceptors (Lipinski definition) is 5. The van der Waals surface area contributed by atoms with Gasteiger partial charge in [0.25, 0.3) is 5.69 Å². The lowest BCUT2D eigenvalue weighted by atomic mass is 9.97. The highest BCUT2D eigenvalue weighted by Gasteiger charge is 2.30. The van der Waals surface area contributed by atoms with Crippen LogP contribution in [0.5, 0.6) is 0 Å². The average Bonchev–Trinajstić information content (AvgIpc) is 2.65. The Morgan fingerprint density at radius 1 is 1.52 bits per heavy atom. The van der Waals surface area contributed by atoms with Gasteiger partial charge in [-0.3, -0.25) is 10.1 Å². The van der Waals surface area contributed by atoms with E-state index in [0.717, 1.165) is 30.6 Å². The zero-order chi connectivity index (χ0) is 14.8. The van der Waals surface area contributed by atoms with Crippen molar-refractivity contribution < 1.29 is 14.4 Å². The fourth-order valence-corrected chi connectivity index (χ4v) is 3.09. The molecule has 2 aliphatic heterocycles. The predicted octanol–water partition coefficient (Wildman–Crippen LogP) is 2.62. The molecule has 0 N–H and O–H groups in total. The predicted molar refractivity (Wildman–Crippen MR) is 78.2 cm³/mol. The highest BCUT2D eigenvalue weighted by molar-refractivity contribution is 5.59. The molecule has 0 unspecified atom stereocenters. The van der Waals surface area contributed by atoms with Crippen LogP contribution < -0.4 is 4.90 Å². The standard InChI is InChI=1S/C15H18N2O4/c1-20-8-11-4-5-16-14(6-11)10-21-9-12-7-13(17(18)19)2-3-15(12)16/h2-3,7-8,14H,4-6,9-10H2,1H3/b11-8-/t14-/m1/s1. The van der Waals surface area contributed by atoms with Crippen LogP contribution in [0.1, 0.15) is 18.4 Å². The van der Waals surface area contributed by atoms with Gasteiger partial charge in [-0.05, 0) is 24.5 Å². The molecular weight excluding hydrogens is 272 g/mol. The summed E-state index contributed by atoms with van der Waals surface area (Å²) in [7, 11) is 1.66. The molecule has 1 atom stereocenters.